The topological polar surface area (TPSA) is 109 Å². The summed E-state index contributed by atoms with van der Waals surface area (Å²) in [5.74, 6) is -1.26. The SMILES string of the molecule is CSCCNC(=O)c1cc2cc(Br)ccc2c(Cl)c1NC(=O)C(C=C(N)C(F)(F)F)=Nc1ncccc1Cl. The number of anilines is 1. The summed E-state index contributed by atoms with van der Waals surface area (Å²) in [4.78, 5) is 34.1. The van der Waals surface area contributed by atoms with Gasteiger partial charge in [-0.2, -0.15) is 24.9 Å². The second kappa shape index (κ2) is 12.8. The number of nitrogens with one attached hydrogen (secondary N) is 2. The van der Waals surface area contributed by atoms with Crippen LogP contribution in [0.15, 0.2) is 63.8 Å². The predicted octanol–water partition coefficient (Wildman–Crippen LogP) is 6.51. The Morgan fingerprint density at radius 1 is 1.24 bits per heavy atom. The van der Waals surface area contributed by atoms with Gasteiger partial charge < -0.3 is 16.4 Å². The zero-order chi connectivity index (χ0) is 28.0. The summed E-state index contributed by atoms with van der Waals surface area (Å²) in [7, 11) is 0. The van der Waals surface area contributed by atoms with Crippen LogP contribution in [-0.2, 0) is 4.79 Å². The van der Waals surface area contributed by atoms with Crippen molar-refractivity contribution in [1.29, 1.82) is 0 Å². The number of nitrogens with two attached hydrogens (primary N) is 1. The number of amides is 2. The minimum absolute atomic E-state index is 0.00126. The van der Waals surface area contributed by atoms with Crippen LogP contribution in [0.4, 0.5) is 24.7 Å². The maximum atomic E-state index is 13.3. The summed E-state index contributed by atoms with van der Waals surface area (Å²) in [5, 5.41) is 6.23. The normalized spacial score (nSPS) is 12.5. The summed E-state index contributed by atoms with van der Waals surface area (Å²) in [6, 6.07) is 9.50. The number of hydrogen-bond acceptors (Lipinski definition) is 6. The van der Waals surface area contributed by atoms with E-state index in [1.807, 2.05) is 6.26 Å². The number of rotatable bonds is 8. The molecule has 3 rings (SSSR count). The number of aliphatic imine (C=N–C) groups is 1. The monoisotopic (exact) mass is 647 g/mol. The van der Waals surface area contributed by atoms with E-state index in [2.05, 4.69) is 36.5 Å². The smallest absolute Gasteiger partial charge is 0.395 e. The second-order valence-corrected chi connectivity index (χ2v) is 10.3. The molecule has 0 aliphatic carbocycles. The molecule has 2 amide bonds. The van der Waals surface area contributed by atoms with Crippen molar-refractivity contribution in [2.45, 2.75) is 6.18 Å². The lowest BCUT2D eigenvalue weighted by Gasteiger charge is -2.16. The summed E-state index contributed by atoms with van der Waals surface area (Å²) in [6.07, 6.45) is -1.42. The predicted molar refractivity (Wildman–Crippen MR) is 151 cm³/mol. The number of allylic oxidation sites excluding steroid dienone is 1. The molecule has 0 fully saturated rings. The van der Waals surface area contributed by atoms with Crippen molar-refractivity contribution >= 4 is 90.7 Å². The van der Waals surface area contributed by atoms with E-state index in [-0.39, 0.29) is 27.1 Å². The molecular formula is C24H19BrCl2F3N5O2S. The number of benzene rings is 2. The molecule has 0 spiro atoms. The quantitative estimate of drug-likeness (QED) is 0.191. The van der Waals surface area contributed by atoms with Gasteiger partial charge in [-0.3, -0.25) is 9.59 Å². The molecule has 0 saturated heterocycles. The fourth-order valence-corrected chi connectivity index (χ4v) is 4.30. The molecule has 0 aliphatic heterocycles. The third-order valence-electron chi connectivity index (χ3n) is 4.93. The fraction of sp³-hybridized carbons (Fsp3) is 0.167. The molecule has 2 aromatic carbocycles. The number of hydrogen-bond donors (Lipinski definition) is 3. The Bertz CT molecular complexity index is 1450. The molecular weight excluding hydrogens is 630 g/mol. The van der Waals surface area contributed by atoms with Crippen LogP contribution < -0.4 is 16.4 Å². The lowest BCUT2D eigenvalue weighted by molar-refractivity contribution is -0.110. The number of pyridine rings is 1. The third-order valence-corrected chi connectivity index (χ3v) is 6.72. The molecule has 3 aromatic rings. The van der Waals surface area contributed by atoms with Gasteiger partial charge in [-0.05, 0) is 48.0 Å². The van der Waals surface area contributed by atoms with Crippen molar-refractivity contribution in [2.24, 2.45) is 10.7 Å². The number of alkyl halides is 3. The lowest BCUT2D eigenvalue weighted by atomic mass is 10.0. The molecule has 0 aliphatic rings. The highest BCUT2D eigenvalue weighted by Crippen LogP contribution is 2.36. The molecule has 0 atom stereocenters. The largest absolute Gasteiger partial charge is 0.430 e. The summed E-state index contributed by atoms with van der Waals surface area (Å²) >= 11 is 17.5. The Kier molecular flexibility index (Phi) is 10.0. The first-order valence-electron chi connectivity index (χ1n) is 10.7. The zero-order valence-electron chi connectivity index (χ0n) is 19.5. The van der Waals surface area contributed by atoms with Crippen LogP contribution >= 0.6 is 50.9 Å². The number of fused-ring (bicyclic) bond motifs is 1. The van der Waals surface area contributed by atoms with Crippen molar-refractivity contribution in [3.8, 4) is 0 Å². The second-order valence-electron chi connectivity index (χ2n) is 7.58. The highest BCUT2D eigenvalue weighted by atomic mass is 79.9. The fourth-order valence-electron chi connectivity index (χ4n) is 3.13. The summed E-state index contributed by atoms with van der Waals surface area (Å²) < 4.78 is 40.3. The van der Waals surface area contributed by atoms with E-state index in [0.29, 0.717) is 29.1 Å². The van der Waals surface area contributed by atoms with Gasteiger partial charge in [0.25, 0.3) is 11.8 Å². The molecule has 0 unspecified atom stereocenters. The van der Waals surface area contributed by atoms with Crippen LogP contribution in [0, 0.1) is 0 Å². The summed E-state index contributed by atoms with van der Waals surface area (Å²) in [6.45, 7) is 0.331. The average Bonchev–Trinajstić information content (AvgIpc) is 2.85. The van der Waals surface area contributed by atoms with Gasteiger partial charge in [0.2, 0.25) is 0 Å². The first kappa shape index (κ1) is 29.8. The third kappa shape index (κ3) is 7.40. The van der Waals surface area contributed by atoms with E-state index in [4.69, 9.17) is 28.9 Å². The van der Waals surface area contributed by atoms with Gasteiger partial charge >= 0.3 is 6.18 Å². The van der Waals surface area contributed by atoms with Crippen molar-refractivity contribution in [3.63, 3.8) is 0 Å². The molecule has 0 saturated carbocycles. The lowest BCUT2D eigenvalue weighted by Crippen LogP contribution is -2.29. The Labute approximate surface area is 238 Å². The highest BCUT2D eigenvalue weighted by molar-refractivity contribution is 9.10. The first-order valence-corrected chi connectivity index (χ1v) is 13.6. The molecule has 38 heavy (non-hydrogen) atoms. The van der Waals surface area contributed by atoms with Crippen LogP contribution in [0.3, 0.4) is 0 Å². The average molecular weight is 649 g/mol. The molecule has 4 N–H and O–H groups in total. The van der Waals surface area contributed by atoms with E-state index in [9.17, 15) is 22.8 Å². The Morgan fingerprint density at radius 3 is 2.63 bits per heavy atom. The highest BCUT2D eigenvalue weighted by Gasteiger charge is 2.32. The van der Waals surface area contributed by atoms with E-state index < -0.39 is 29.4 Å². The number of aromatic nitrogens is 1. The number of carbonyl (C=O) groups excluding carboxylic acids is 2. The molecule has 14 heteroatoms. The molecule has 0 radical (unpaired) electrons. The van der Waals surface area contributed by atoms with Crippen molar-refractivity contribution in [3.05, 3.63) is 74.4 Å². The number of nitrogens with zero attached hydrogens (tertiary/aromatic N) is 2. The van der Waals surface area contributed by atoms with Crippen molar-refractivity contribution in [2.75, 3.05) is 23.9 Å². The number of carbonyl (C=O) groups is 2. The van der Waals surface area contributed by atoms with Gasteiger partial charge in [0, 0.05) is 28.4 Å². The molecule has 200 valence electrons. The minimum Gasteiger partial charge on any atom is -0.395 e. The van der Waals surface area contributed by atoms with Gasteiger partial charge in [-0.15, -0.1) is 0 Å². The van der Waals surface area contributed by atoms with Crippen LogP contribution in [-0.4, -0.2) is 47.2 Å². The Balaban J connectivity index is 2.14. The van der Waals surface area contributed by atoms with Gasteiger partial charge in [0.05, 0.1) is 21.3 Å². The van der Waals surface area contributed by atoms with E-state index in [0.717, 1.165) is 4.47 Å². The van der Waals surface area contributed by atoms with Gasteiger partial charge in [0.15, 0.2) is 5.82 Å². The van der Waals surface area contributed by atoms with Crippen LogP contribution in [0.1, 0.15) is 10.4 Å². The maximum Gasteiger partial charge on any atom is 0.430 e. The Morgan fingerprint density at radius 2 is 1.97 bits per heavy atom. The van der Waals surface area contributed by atoms with E-state index in [1.54, 1.807) is 18.2 Å². The number of halogens is 6. The van der Waals surface area contributed by atoms with Crippen LogP contribution in [0.5, 0.6) is 0 Å². The van der Waals surface area contributed by atoms with Crippen LogP contribution in [0.25, 0.3) is 10.8 Å². The first-order chi connectivity index (χ1) is 17.9. The molecule has 1 heterocycles. The van der Waals surface area contributed by atoms with Crippen molar-refractivity contribution in [1.82, 2.24) is 10.3 Å². The van der Waals surface area contributed by atoms with E-state index >= 15 is 0 Å². The zero-order valence-corrected chi connectivity index (χ0v) is 23.4. The van der Waals surface area contributed by atoms with Gasteiger partial charge in [-0.25, -0.2) is 9.98 Å². The molecule has 7 nitrogen and oxygen atoms in total. The number of thioether (sulfide) groups is 1. The summed E-state index contributed by atoms with van der Waals surface area (Å²) in [5.41, 5.74) is 2.70. The van der Waals surface area contributed by atoms with Gasteiger partial charge in [-0.1, -0.05) is 45.2 Å². The van der Waals surface area contributed by atoms with Crippen molar-refractivity contribution < 1.29 is 22.8 Å². The Hall–Kier alpha value is -2.80. The molecule has 1 aromatic heterocycles. The molecule has 0 bridgehead atoms. The van der Waals surface area contributed by atoms with Crippen LogP contribution in [0.2, 0.25) is 10.0 Å². The van der Waals surface area contributed by atoms with Gasteiger partial charge in [0.1, 0.15) is 11.4 Å². The minimum atomic E-state index is -4.94. The standard InChI is InChI=1S/C24H19BrCl2F3N5O2S/c1-38-8-7-33-22(36)15-10-12-9-13(25)4-5-14(12)19(27)20(15)35-23(37)17(11-18(31)24(28,29)30)34-21-16(26)3-2-6-32-21/h2-6,9-11H,7-8,31H2,1H3,(H,33,36)(H,35,37). The van der Waals surface area contributed by atoms with E-state index in [1.165, 1.54) is 36.2 Å². The maximum absolute atomic E-state index is 13.3.